The standard InChI is InChI=1S/C20H19FN6O4/c1-30-13-4-2-12(3-5-13)14-10-16(25-26-17(14)19(28)29)23-18-15(21)11-22-20(24-18)27-6-8-31-9-7-27/h2-5,10-11H,6-9H2,1H3,(H,28,29)(H,22,23,24,25). The number of benzene rings is 1. The average Bonchev–Trinajstić information content (AvgIpc) is 2.81. The van der Waals surface area contributed by atoms with E-state index in [2.05, 4.69) is 25.5 Å². The maximum Gasteiger partial charge on any atom is 0.357 e. The minimum atomic E-state index is -1.23. The van der Waals surface area contributed by atoms with Gasteiger partial charge >= 0.3 is 5.97 Å². The van der Waals surface area contributed by atoms with Gasteiger partial charge in [-0.3, -0.25) is 0 Å². The maximum absolute atomic E-state index is 14.3. The molecule has 1 saturated heterocycles. The molecule has 0 radical (unpaired) electrons. The maximum atomic E-state index is 14.3. The highest BCUT2D eigenvalue weighted by molar-refractivity contribution is 5.94. The van der Waals surface area contributed by atoms with Crippen molar-refractivity contribution < 1.29 is 23.8 Å². The second-order valence-corrected chi connectivity index (χ2v) is 6.62. The molecule has 1 fully saturated rings. The predicted octanol–water partition coefficient (Wildman–Crippen LogP) is 2.36. The quantitative estimate of drug-likeness (QED) is 0.607. The summed E-state index contributed by atoms with van der Waals surface area (Å²) < 4.78 is 24.8. The fraction of sp³-hybridized carbons (Fsp3) is 0.250. The van der Waals surface area contributed by atoms with Gasteiger partial charge in [0.15, 0.2) is 23.1 Å². The van der Waals surface area contributed by atoms with Crippen molar-refractivity contribution in [1.29, 1.82) is 0 Å². The van der Waals surface area contributed by atoms with Crippen LogP contribution in [-0.4, -0.2) is 64.7 Å². The number of morpholine rings is 1. The lowest BCUT2D eigenvalue weighted by Gasteiger charge is -2.26. The van der Waals surface area contributed by atoms with Gasteiger partial charge < -0.3 is 24.8 Å². The number of ether oxygens (including phenoxy) is 2. The third-order valence-electron chi connectivity index (χ3n) is 4.67. The zero-order chi connectivity index (χ0) is 21.8. The molecule has 0 atom stereocenters. The van der Waals surface area contributed by atoms with Gasteiger partial charge in [-0.2, -0.15) is 4.98 Å². The summed E-state index contributed by atoms with van der Waals surface area (Å²) in [5.41, 5.74) is 0.678. The first-order valence-corrected chi connectivity index (χ1v) is 9.43. The highest BCUT2D eigenvalue weighted by Gasteiger charge is 2.19. The van der Waals surface area contributed by atoms with E-state index in [0.717, 1.165) is 6.20 Å². The summed E-state index contributed by atoms with van der Waals surface area (Å²) in [6.07, 6.45) is 1.07. The molecule has 3 aromatic rings. The van der Waals surface area contributed by atoms with Crippen LogP contribution in [0, 0.1) is 5.82 Å². The largest absolute Gasteiger partial charge is 0.497 e. The Labute approximate surface area is 176 Å². The molecular weight excluding hydrogens is 407 g/mol. The fourth-order valence-electron chi connectivity index (χ4n) is 3.08. The minimum absolute atomic E-state index is 0.0884. The van der Waals surface area contributed by atoms with Gasteiger partial charge in [0.25, 0.3) is 0 Å². The summed E-state index contributed by atoms with van der Waals surface area (Å²) in [5, 5.41) is 19.9. The van der Waals surface area contributed by atoms with Crippen LogP contribution in [-0.2, 0) is 4.74 Å². The zero-order valence-corrected chi connectivity index (χ0v) is 16.6. The van der Waals surface area contributed by atoms with Crippen molar-refractivity contribution in [3.8, 4) is 16.9 Å². The summed E-state index contributed by atoms with van der Waals surface area (Å²) in [4.78, 5) is 21.8. The number of aromatic nitrogens is 4. The van der Waals surface area contributed by atoms with E-state index in [9.17, 15) is 14.3 Å². The first-order chi connectivity index (χ1) is 15.0. The molecule has 10 nitrogen and oxygen atoms in total. The summed E-state index contributed by atoms with van der Waals surface area (Å²) in [6, 6.07) is 8.29. The van der Waals surface area contributed by atoms with Crippen molar-refractivity contribution in [2.24, 2.45) is 0 Å². The molecule has 0 saturated carbocycles. The summed E-state index contributed by atoms with van der Waals surface area (Å²) >= 11 is 0. The monoisotopic (exact) mass is 426 g/mol. The summed E-state index contributed by atoms with van der Waals surface area (Å²) in [5.74, 6) is -0.868. The predicted molar refractivity (Wildman–Crippen MR) is 109 cm³/mol. The van der Waals surface area contributed by atoms with Crippen LogP contribution in [0.4, 0.5) is 22.0 Å². The lowest BCUT2D eigenvalue weighted by molar-refractivity contribution is 0.0690. The van der Waals surface area contributed by atoms with Crippen molar-refractivity contribution in [1.82, 2.24) is 20.2 Å². The Morgan fingerprint density at radius 3 is 2.65 bits per heavy atom. The Morgan fingerprint density at radius 2 is 1.97 bits per heavy atom. The molecule has 11 heteroatoms. The number of nitrogens with one attached hydrogen (secondary N) is 1. The number of carboxylic acid groups (broad SMARTS) is 1. The third kappa shape index (κ3) is 4.51. The fourth-order valence-corrected chi connectivity index (χ4v) is 3.08. The van der Waals surface area contributed by atoms with Crippen LogP contribution >= 0.6 is 0 Å². The van der Waals surface area contributed by atoms with Crippen molar-refractivity contribution in [3.05, 3.63) is 48.0 Å². The number of hydrogen-bond acceptors (Lipinski definition) is 9. The molecule has 0 bridgehead atoms. The molecule has 1 aliphatic heterocycles. The third-order valence-corrected chi connectivity index (χ3v) is 4.67. The van der Waals surface area contributed by atoms with Crippen LogP contribution in [0.5, 0.6) is 5.75 Å². The van der Waals surface area contributed by atoms with Crippen LogP contribution < -0.4 is 15.0 Å². The van der Waals surface area contributed by atoms with E-state index in [0.29, 0.717) is 49.1 Å². The molecular formula is C20H19FN6O4. The first-order valence-electron chi connectivity index (χ1n) is 9.43. The molecule has 0 spiro atoms. The molecule has 0 unspecified atom stereocenters. The normalized spacial score (nSPS) is 13.7. The SMILES string of the molecule is COc1ccc(-c2cc(Nc3nc(N4CCOCC4)ncc3F)nnc2C(=O)O)cc1. The molecule has 3 heterocycles. The van der Waals surface area contributed by atoms with E-state index in [-0.39, 0.29) is 17.3 Å². The van der Waals surface area contributed by atoms with Gasteiger partial charge in [0.05, 0.1) is 26.5 Å². The lowest BCUT2D eigenvalue weighted by atomic mass is 10.0. The Kier molecular flexibility index (Phi) is 5.85. The molecule has 2 aromatic heterocycles. The van der Waals surface area contributed by atoms with E-state index in [1.807, 2.05) is 4.90 Å². The molecule has 0 aliphatic carbocycles. The van der Waals surface area contributed by atoms with E-state index in [1.54, 1.807) is 24.3 Å². The van der Waals surface area contributed by atoms with Gasteiger partial charge in [-0.15, -0.1) is 10.2 Å². The van der Waals surface area contributed by atoms with E-state index >= 15 is 0 Å². The number of nitrogens with zero attached hydrogens (tertiary/aromatic N) is 5. The lowest BCUT2D eigenvalue weighted by Crippen LogP contribution is -2.37. The molecule has 1 aromatic carbocycles. The van der Waals surface area contributed by atoms with E-state index < -0.39 is 11.8 Å². The van der Waals surface area contributed by atoms with Crippen LogP contribution in [0.15, 0.2) is 36.5 Å². The Morgan fingerprint density at radius 1 is 1.23 bits per heavy atom. The smallest absolute Gasteiger partial charge is 0.357 e. The second kappa shape index (κ2) is 8.88. The van der Waals surface area contributed by atoms with Gasteiger partial charge in [0, 0.05) is 18.7 Å². The number of methoxy groups -OCH3 is 1. The number of hydrogen-bond donors (Lipinski definition) is 2. The topological polar surface area (TPSA) is 123 Å². The highest BCUT2D eigenvalue weighted by Crippen LogP contribution is 2.28. The van der Waals surface area contributed by atoms with Crippen molar-refractivity contribution >= 4 is 23.6 Å². The van der Waals surface area contributed by atoms with Crippen molar-refractivity contribution in [2.45, 2.75) is 0 Å². The van der Waals surface area contributed by atoms with Gasteiger partial charge in [0.1, 0.15) is 5.75 Å². The summed E-state index contributed by atoms with van der Waals surface area (Å²) in [7, 11) is 1.54. The van der Waals surface area contributed by atoms with Crippen LogP contribution in [0.25, 0.3) is 11.1 Å². The molecule has 0 amide bonds. The molecule has 31 heavy (non-hydrogen) atoms. The van der Waals surface area contributed by atoms with E-state index in [4.69, 9.17) is 9.47 Å². The summed E-state index contributed by atoms with van der Waals surface area (Å²) in [6.45, 7) is 2.27. The number of carboxylic acids is 1. The molecule has 160 valence electrons. The Bertz CT molecular complexity index is 1090. The van der Waals surface area contributed by atoms with Crippen LogP contribution in [0.2, 0.25) is 0 Å². The average molecular weight is 426 g/mol. The number of aromatic carboxylic acids is 1. The zero-order valence-electron chi connectivity index (χ0n) is 16.6. The van der Waals surface area contributed by atoms with Crippen LogP contribution in [0.1, 0.15) is 10.5 Å². The van der Waals surface area contributed by atoms with Crippen molar-refractivity contribution in [3.63, 3.8) is 0 Å². The van der Waals surface area contributed by atoms with Gasteiger partial charge in [-0.1, -0.05) is 12.1 Å². The van der Waals surface area contributed by atoms with Gasteiger partial charge in [-0.25, -0.2) is 14.2 Å². The van der Waals surface area contributed by atoms with Gasteiger partial charge in [0.2, 0.25) is 5.95 Å². The number of carbonyl (C=O) groups is 1. The second-order valence-electron chi connectivity index (χ2n) is 6.62. The van der Waals surface area contributed by atoms with Crippen molar-refractivity contribution in [2.75, 3.05) is 43.6 Å². The Hall–Kier alpha value is -3.86. The van der Waals surface area contributed by atoms with Crippen LogP contribution in [0.3, 0.4) is 0 Å². The molecule has 2 N–H and O–H groups in total. The molecule has 4 rings (SSSR count). The minimum Gasteiger partial charge on any atom is -0.497 e. The number of anilines is 3. The highest BCUT2D eigenvalue weighted by atomic mass is 19.1. The van der Waals surface area contributed by atoms with Gasteiger partial charge in [-0.05, 0) is 23.8 Å². The van der Waals surface area contributed by atoms with E-state index in [1.165, 1.54) is 13.2 Å². The number of halogens is 1. The number of rotatable bonds is 6. The molecule has 1 aliphatic rings. The first kappa shape index (κ1) is 20.4. The Balaban J connectivity index is 1.66.